The van der Waals surface area contributed by atoms with Gasteiger partial charge in [-0.3, -0.25) is 9.10 Å². The molecule has 7 nitrogen and oxygen atoms in total. The average molecular weight is 404 g/mol. The van der Waals surface area contributed by atoms with Gasteiger partial charge in [0.25, 0.3) is 5.91 Å². The maximum atomic E-state index is 12.7. The van der Waals surface area contributed by atoms with E-state index in [2.05, 4.69) is 5.32 Å². The van der Waals surface area contributed by atoms with Crippen LogP contribution in [0.1, 0.15) is 20.3 Å². The highest BCUT2D eigenvalue weighted by Gasteiger charge is 2.31. The lowest BCUT2D eigenvalue weighted by molar-refractivity contribution is -0.122. The lowest BCUT2D eigenvalue weighted by Gasteiger charge is -2.20. The molecular formula is C20H24N2O5S. The Morgan fingerprint density at radius 2 is 1.86 bits per heavy atom. The van der Waals surface area contributed by atoms with Crippen molar-refractivity contribution in [2.45, 2.75) is 32.5 Å². The number of ether oxygens (including phenoxy) is 2. The zero-order valence-corrected chi connectivity index (χ0v) is 16.9. The maximum Gasteiger partial charge on any atom is 0.265 e. The van der Waals surface area contributed by atoms with Crippen LogP contribution in [-0.4, -0.2) is 39.3 Å². The van der Waals surface area contributed by atoms with Gasteiger partial charge in [-0.1, -0.05) is 12.1 Å². The van der Waals surface area contributed by atoms with E-state index in [1.54, 1.807) is 48.5 Å². The van der Waals surface area contributed by atoms with Crippen LogP contribution in [0.25, 0.3) is 0 Å². The van der Waals surface area contributed by atoms with Crippen molar-refractivity contribution in [2.75, 3.05) is 22.4 Å². The van der Waals surface area contributed by atoms with Gasteiger partial charge in [0.15, 0.2) is 6.10 Å². The number of carbonyl (C=O) groups is 1. The molecule has 8 heteroatoms. The van der Waals surface area contributed by atoms with Gasteiger partial charge in [-0.15, -0.1) is 0 Å². The number of benzene rings is 2. The summed E-state index contributed by atoms with van der Waals surface area (Å²) in [6.07, 6.45) is 0.643. The quantitative estimate of drug-likeness (QED) is 0.828. The molecule has 2 aromatic rings. The fourth-order valence-corrected chi connectivity index (χ4v) is 3.92. The molecule has 2 aromatic carbocycles. The van der Waals surface area contributed by atoms with E-state index in [0.717, 1.165) is 12.0 Å². The van der Waals surface area contributed by atoms with Gasteiger partial charge in [-0.2, -0.15) is 0 Å². The van der Waals surface area contributed by atoms with Crippen molar-refractivity contribution in [1.82, 2.24) is 0 Å². The van der Waals surface area contributed by atoms with E-state index in [0.29, 0.717) is 17.1 Å². The molecule has 1 atom stereocenters. The topological polar surface area (TPSA) is 84.9 Å². The standard InChI is InChI=1S/C20H24N2O5S/c1-14(2)26-16-10-8-15(9-11-16)21-20(23)19-12-13-22(28(3,24)25)17-6-4-5-7-18(17)27-19/h4-11,14,19H,12-13H2,1-3H3,(H,21,23)/t19-/m1/s1. The van der Waals surface area contributed by atoms with Crippen LogP contribution in [0.3, 0.4) is 0 Å². The van der Waals surface area contributed by atoms with Crippen molar-refractivity contribution in [3.63, 3.8) is 0 Å². The Kier molecular flexibility index (Phi) is 5.79. The molecule has 0 saturated heterocycles. The van der Waals surface area contributed by atoms with E-state index in [-0.39, 0.29) is 25.0 Å². The Hall–Kier alpha value is -2.74. The molecule has 0 radical (unpaired) electrons. The minimum atomic E-state index is -3.48. The van der Waals surface area contributed by atoms with Crippen LogP contribution in [0.5, 0.6) is 11.5 Å². The molecule has 0 bridgehead atoms. The molecule has 1 amide bonds. The summed E-state index contributed by atoms with van der Waals surface area (Å²) in [5, 5.41) is 2.82. The summed E-state index contributed by atoms with van der Waals surface area (Å²) in [6, 6.07) is 13.9. The highest BCUT2D eigenvalue weighted by atomic mass is 32.2. The molecule has 0 aliphatic carbocycles. The zero-order valence-electron chi connectivity index (χ0n) is 16.1. The Labute approximate surface area is 165 Å². The van der Waals surface area contributed by atoms with E-state index >= 15 is 0 Å². The summed E-state index contributed by atoms with van der Waals surface area (Å²) >= 11 is 0. The van der Waals surface area contributed by atoms with Gasteiger partial charge >= 0.3 is 0 Å². The molecule has 0 unspecified atom stereocenters. The molecular weight excluding hydrogens is 380 g/mol. The lowest BCUT2D eigenvalue weighted by Crippen LogP contribution is -2.35. The van der Waals surface area contributed by atoms with E-state index in [9.17, 15) is 13.2 Å². The number of rotatable bonds is 5. The smallest absolute Gasteiger partial charge is 0.265 e. The SMILES string of the molecule is CC(C)Oc1ccc(NC(=O)[C@H]2CCN(S(C)(=O)=O)c3ccccc3O2)cc1. The van der Waals surface area contributed by atoms with Gasteiger partial charge in [-0.05, 0) is 50.2 Å². The van der Waals surface area contributed by atoms with Crippen LogP contribution in [0.2, 0.25) is 0 Å². The first-order valence-electron chi connectivity index (χ1n) is 9.05. The molecule has 0 aromatic heterocycles. The number of para-hydroxylation sites is 2. The molecule has 0 fully saturated rings. The van der Waals surface area contributed by atoms with Gasteiger partial charge < -0.3 is 14.8 Å². The van der Waals surface area contributed by atoms with Crippen molar-refractivity contribution in [3.8, 4) is 11.5 Å². The lowest BCUT2D eigenvalue weighted by atomic mass is 10.2. The minimum absolute atomic E-state index is 0.0673. The van der Waals surface area contributed by atoms with E-state index in [4.69, 9.17) is 9.47 Å². The number of hydrogen-bond donors (Lipinski definition) is 1. The Bertz CT molecular complexity index is 941. The second kappa shape index (κ2) is 8.10. The first-order valence-corrected chi connectivity index (χ1v) is 10.9. The number of hydrogen-bond acceptors (Lipinski definition) is 5. The zero-order chi connectivity index (χ0) is 20.3. The van der Waals surface area contributed by atoms with Crippen LogP contribution in [0.4, 0.5) is 11.4 Å². The molecule has 150 valence electrons. The molecule has 3 rings (SSSR count). The number of anilines is 2. The molecule has 1 aliphatic rings. The number of amides is 1. The van der Waals surface area contributed by atoms with Gasteiger partial charge in [0.05, 0.1) is 18.0 Å². The fourth-order valence-electron chi connectivity index (χ4n) is 2.97. The maximum absolute atomic E-state index is 12.7. The number of fused-ring (bicyclic) bond motifs is 1. The minimum Gasteiger partial charge on any atom is -0.491 e. The predicted molar refractivity (Wildman–Crippen MR) is 109 cm³/mol. The Morgan fingerprint density at radius 3 is 2.50 bits per heavy atom. The summed E-state index contributed by atoms with van der Waals surface area (Å²) in [4.78, 5) is 12.7. The monoisotopic (exact) mass is 404 g/mol. The fraction of sp³-hybridized carbons (Fsp3) is 0.350. The van der Waals surface area contributed by atoms with Crippen LogP contribution >= 0.6 is 0 Å². The van der Waals surface area contributed by atoms with Crippen LogP contribution < -0.4 is 19.1 Å². The van der Waals surface area contributed by atoms with Gasteiger partial charge in [0.1, 0.15) is 11.5 Å². The van der Waals surface area contributed by atoms with Crippen LogP contribution in [0.15, 0.2) is 48.5 Å². The third-order valence-corrected chi connectivity index (χ3v) is 5.36. The summed E-state index contributed by atoms with van der Waals surface area (Å²) in [7, 11) is -3.48. The number of nitrogens with one attached hydrogen (secondary N) is 1. The summed E-state index contributed by atoms with van der Waals surface area (Å²) < 4.78 is 37.0. The summed E-state index contributed by atoms with van der Waals surface area (Å²) in [5.74, 6) is 0.755. The Balaban J connectivity index is 1.75. The van der Waals surface area contributed by atoms with Crippen molar-refractivity contribution >= 4 is 27.3 Å². The average Bonchev–Trinajstić information content (AvgIpc) is 2.82. The highest BCUT2D eigenvalue weighted by Crippen LogP contribution is 2.34. The van der Waals surface area contributed by atoms with Crippen molar-refractivity contribution in [2.24, 2.45) is 0 Å². The number of sulfonamides is 1. The number of carbonyl (C=O) groups excluding carboxylic acids is 1. The molecule has 1 heterocycles. The van der Waals surface area contributed by atoms with E-state index in [1.165, 1.54) is 4.31 Å². The second-order valence-corrected chi connectivity index (χ2v) is 8.79. The third-order valence-electron chi connectivity index (χ3n) is 4.18. The molecule has 0 spiro atoms. The molecule has 28 heavy (non-hydrogen) atoms. The van der Waals surface area contributed by atoms with Crippen molar-refractivity contribution < 1.29 is 22.7 Å². The van der Waals surface area contributed by atoms with Crippen molar-refractivity contribution in [3.05, 3.63) is 48.5 Å². The van der Waals surface area contributed by atoms with E-state index < -0.39 is 16.1 Å². The van der Waals surface area contributed by atoms with Gasteiger partial charge in [0, 0.05) is 18.7 Å². The van der Waals surface area contributed by atoms with Crippen LogP contribution in [-0.2, 0) is 14.8 Å². The molecule has 0 saturated carbocycles. The Morgan fingerprint density at radius 1 is 1.18 bits per heavy atom. The third kappa shape index (κ3) is 4.75. The second-order valence-electron chi connectivity index (χ2n) is 6.88. The normalized spacial score (nSPS) is 16.7. The summed E-state index contributed by atoms with van der Waals surface area (Å²) in [6.45, 7) is 4.04. The van der Waals surface area contributed by atoms with E-state index in [1.807, 2.05) is 13.8 Å². The van der Waals surface area contributed by atoms with Gasteiger partial charge in [-0.25, -0.2) is 8.42 Å². The van der Waals surface area contributed by atoms with Crippen molar-refractivity contribution in [1.29, 1.82) is 0 Å². The first-order chi connectivity index (χ1) is 13.2. The highest BCUT2D eigenvalue weighted by molar-refractivity contribution is 7.92. The first kappa shape index (κ1) is 20.0. The molecule has 1 N–H and O–H groups in total. The van der Waals surface area contributed by atoms with Gasteiger partial charge in [0.2, 0.25) is 10.0 Å². The predicted octanol–water partition coefficient (Wildman–Crippen LogP) is 3.03. The van der Waals surface area contributed by atoms with Crippen LogP contribution in [0, 0.1) is 0 Å². The summed E-state index contributed by atoms with van der Waals surface area (Å²) in [5.41, 5.74) is 1.05. The molecule has 1 aliphatic heterocycles. The largest absolute Gasteiger partial charge is 0.491 e. The number of nitrogens with zero attached hydrogens (tertiary/aromatic N) is 1.